The van der Waals surface area contributed by atoms with Crippen molar-refractivity contribution in [1.29, 1.82) is 0 Å². The molecule has 0 amide bonds. The highest BCUT2D eigenvalue weighted by atomic mass is 16.5. The van der Waals surface area contributed by atoms with Crippen molar-refractivity contribution in [3.05, 3.63) is 46.5 Å². The summed E-state index contributed by atoms with van der Waals surface area (Å²) in [7, 11) is 3.41. The molecule has 0 spiro atoms. The van der Waals surface area contributed by atoms with Gasteiger partial charge in [-0.05, 0) is 38.5 Å². The molecule has 1 unspecified atom stereocenters. The van der Waals surface area contributed by atoms with Crippen LogP contribution < -0.4 is 4.90 Å². The summed E-state index contributed by atoms with van der Waals surface area (Å²) in [6, 6.07) is 4.34. The number of esters is 1. The van der Waals surface area contributed by atoms with Crippen molar-refractivity contribution in [3.63, 3.8) is 0 Å². The molecule has 0 saturated carbocycles. The Morgan fingerprint density at radius 1 is 1.38 bits per heavy atom. The van der Waals surface area contributed by atoms with Crippen molar-refractivity contribution in [2.45, 2.75) is 45.7 Å². The molecule has 6 nitrogen and oxygen atoms in total. The highest BCUT2D eigenvalue weighted by molar-refractivity contribution is 6.03. The summed E-state index contributed by atoms with van der Waals surface area (Å²) < 4.78 is 7.00. The quantitative estimate of drug-likeness (QED) is 0.632. The third-order valence-electron chi connectivity index (χ3n) is 5.77. The number of rotatable bonds is 5. The predicted molar refractivity (Wildman–Crippen MR) is 98.6 cm³/mol. The van der Waals surface area contributed by atoms with Crippen LogP contribution in [0.25, 0.3) is 0 Å². The highest BCUT2D eigenvalue weighted by Crippen LogP contribution is 2.22. The van der Waals surface area contributed by atoms with Crippen molar-refractivity contribution in [1.82, 2.24) is 9.55 Å². The predicted octanol–water partition coefficient (Wildman–Crippen LogP) is 1.75. The molecule has 1 aliphatic rings. The summed E-state index contributed by atoms with van der Waals surface area (Å²) >= 11 is 0. The Labute approximate surface area is 154 Å². The summed E-state index contributed by atoms with van der Waals surface area (Å²) in [6.45, 7) is 6.58. The van der Waals surface area contributed by atoms with Crippen molar-refractivity contribution < 1.29 is 19.2 Å². The van der Waals surface area contributed by atoms with Crippen LogP contribution in [0.3, 0.4) is 0 Å². The van der Waals surface area contributed by atoms with Crippen LogP contribution in [0, 0.1) is 13.8 Å². The van der Waals surface area contributed by atoms with Gasteiger partial charge in [-0.1, -0.05) is 0 Å². The maximum absolute atomic E-state index is 13.2. The molecule has 26 heavy (non-hydrogen) atoms. The Morgan fingerprint density at radius 2 is 2.12 bits per heavy atom. The summed E-state index contributed by atoms with van der Waals surface area (Å²) in [5.41, 5.74) is 3.63. The monoisotopic (exact) mass is 358 g/mol. The van der Waals surface area contributed by atoms with Crippen LogP contribution in [0.15, 0.2) is 18.3 Å². The fourth-order valence-corrected chi connectivity index (χ4v) is 4.35. The van der Waals surface area contributed by atoms with E-state index in [-0.39, 0.29) is 11.8 Å². The van der Waals surface area contributed by atoms with Crippen LogP contribution in [-0.4, -0.2) is 41.0 Å². The van der Waals surface area contributed by atoms with E-state index >= 15 is 0 Å². The first-order chi connectivity index (χ1) is 12.4. The number of nitrogens with zero attached hydrogens (tertiary/aromatic N) is 1. The number of Topliss-reactive ketones (excluding diaryl/α,β-unsaturated/α-hetero) is 1. The van der Waals surface area contributed by atoms with E-state index in [2.05, 4.69) is 34.9 Å². The molecule has 0 bridgehead atoms. The van der Waals surface area contributed by atoms with Gasteiger partial charge in [-0.3, -0.25) is 4.79 Å². The maximum atomic E-state index is 13.2. The lowest BCUT2D eigenvalue weighted by Gasteiger charge is -2.27. The average molecular weight is 358 g/mol. The highest BCUT2D eigenvalue weighted by Gasteiger charge is 2.39. The lowest BCUT2D eigenvalue weighted by Crippen LogP contribution is -3.14. The van der Waals surface area contributed by atoms with Crippen LogP contribution in [-0.2, 0) is 11.8 Å². The van der Waals surface area contributed by atoms with E-state index in [0.717, 1.165) is 19.4 Å². The second-order valence-corrected chi connectivity index (χ2v) is 7.27. The van der Waals surface area contributed by atoms with Crippen LogP contribution in [0.2, 0.25) is 0 Å². The number of aromatic nitrogens is 2. The fraction of sp³-hybridized carbons (Fsp3) is 0.500. The molecular weight excluding hydrogens is 330 g/mol. The number of aromatic amines is 1. The van der Waals surface area contributed by atoms with E-state index in [1.165, 1.54) is 17.7 Å². The number of quaternary nitrogens is 1. The third-order valence-corrected chi connectivity index (χ3v) is 5.77. The number of methoxy groups -OCH3 is 1. The zero-order chi connectivity index (χ0) is 19.0. The van der Waals surface area contributed by atoms with Gasteiger partial charge in [0, 0.05) is 31.8 Å². The summed E-state index contributed by atoms with van der Waals surface area (Å²) in [5.74, 6) is -0.352. The molecule has 140 valence electrons. The second kappa shape index (κ2) is 7.11. The van der Waals surface area contributed by atoms with Gasteiger partial charge in [-0.2, -0.15) is 0 Å². The number of carbonyl (C=O) groups excluding carboxylic acids is 2. The van der Waals surface area contributed by atoms with E-state index in [9.17, 15) is 9.59 Å². The van der Waals surface area contributed by atoms with Gasteiger partial charge in [0.25, 0.3) is 0 Å². The molecule has 3 rings (SSSR count). The summed E-state index contributed by atoms with van der Waals surface area (Å²) in [6.07, 6.45) is 4.25. The molecule has 1 saturated heterocycles. The van der Waals surface area contributed by atoms with Crippen molar-refractivity contribution in [3.8, 4) is 0 Å². The topological polar surface area (TPSA) is 68.5 Å². The van der Waals surface area contributed by atoms with Crippen molar-refractivity contribution in [2.75, 3.05) is 13.7 Å². The van der Waals surface area contributed by atoms with Gasteiger partial charge in [-0.15, -0.1) is 0 Å². The number of aryl methyl sites for hydroxylation is 2. The van der Waals surface area contributed by atoms with Crippen LogP contribution in [0.4, 0.5) is 0 Å². The lowest BCUT2D eigenvalue weighted by molar-refractivity contribution is -0.932. The molecule has 6 heteroatoms. The third kappa shape index (κ3) is 2.98. The number of nitrogens with one attached hydrogen (secondary N) is 2. The van der Waals surface area contributed by atoms with E-state index in [1.807, 2.05) is 13.8 Å². The lowest BCUT2D eigenvalue weighted by atomic mass is 10.0. The minimum Gasteiger partial charge on any atom is -0.465 e. The number of hydrogen-bond acceptors (Lipinski definition) is 3. The first-order valence-corrected chi connectivity index (χ1v) is 9.15. The zero-order valence-electron chi connectivity index (χ0n) is 16.2. The SMILES string of the molecule is COC(=O)c1c(C)[nH]c(C(=O)[C@@H](C)[NH+]2CCC[C@@H]2c2cccn2C)c1C. The van der Waals surface area contributed by atoms with Gasteiger partial charge in [0.05, 0.1) is 30.6 Å². The molecule has 2 aromatic rings. The molecule has 0 radical (unpaired) electrons. The van der Waals surface area contributed by atoms with Gasteiger partial charge >= 0.3 is 5.97 Å². The second-order valence-electron chi connectivity index (χ2n) is 7.27. The Kier molecular flexibility index (Phi) is 5.05. The van der Waals surface area contributed by atoms with Crippen LogP contribution >= 0.6 is 0 Å². The number of carbonyl (C=O) groups is 2. The molecule has 2 N–H and O–H groups in total. The Morgan fingerprint density at radius 3 is 2.73 bits per heavy atom. The van der Waals surface area contributed by atoms with Gasteiger partial charge in [0.15, 0.2) is 6.04 Å². The number of hydrogen-bond donors (Lipinski definition) is 2. The zero-order valence-corrected chi connectivity index (χ0v) is 16.2. The molecule has 3 atom stereocenters. The summed E-state index contributed by atoms with van der Waals surface area (Å²) in [4.78, 5) is 29.6. The molecule has 1 aliphatic heterocycles. The number of ketones is 1. The van der Waals surface area contributed by atoms with E-state index in [1.54, 1.807) is 6.92 Å². The Hall–Kier alpha value is -2.34. The van der Waals surface area contributed by atoms with Crippen molar-refractivity contribution >= 4 is 11.8 Å². The van der Waals surface area contributed by atoms with Crippen LogP contribution in [0.1, 0.15) is 63.6 Å². The minimum absolute atomic E-state index is 0.0527. The molecule has 1 fully saturated rings. The first kappa shape index (κ1) is 18.5. The van der Waals surface area contributed by atoms with Crippen LogP contribution in [0.5, 0.6) is 0 Å². The molecule has 0 aromatic carbocycles. The molecule has 2 aromatic heterocycles. The first-order valence-electron chi connectivity index (χ1n) is 9.15. The number of H-pyrrole nitrogens is 1. The largest absolute Gasteiger partial charge is 0.465 e. The van der Waals surface area contributed by atoms with Gasteiger partial charge in [0.1, 0.15) is 6.04 Å². The smallest absolute Gasteiger partial charge is 0.339 e. The molecule has 3 heterocycles. The van der Waals surface area contributed by atoms with Gasteiger partial charge in [0.2, 0.25) is 5.78 Å². The Balaban J connectivity index is 1.88. The number of ether oxygens (including phenoxy) is 1. The maximum Gasteiger partial charge on any atom is 0.339 e. The van der Waals surface area contributed by atoms with Crippen molar-refractivity contribution in [2.24, 2.45) is 7.05 Å². The standard InChI is InChI=1S/C20H27N3O3/c1-12-17(20(25)26-5)13(2)21-18(12)19(24)14(3)23-11-7-9-16(23)15-8-6-10-22(15)4/h6,8,10,14,16,21H,7,9,11H2,1-5H3/p+1/t14-,16-/m1/s1. The van der Waals surface area contributed by atoms with E-state index in [0.29, 0.717) is 28.6 Å². The average Bonchev–Trinajstić information content (AvgIpc) is 3.32. The molecule has 0 aliphatic carbocycles. The Bertz CT molecular complexity index is 833. The normalized spacial score (nSPS) is 21.0. The van der Waals surface area contributed by atoms with Gasteiger partial charge < -0.3 is 19.2 Å². The van der Waals surface area contributed by atoms with E-state index in [4.69, 9.17) is 4.74 Å². The number of likely N-dealkylation sites (tertiary alicyclic amines) is 1. The van der Waals surface area contributed by atoms with Gasteiger partial charge in [-0.25, -0.2) is 4.79 Å². The van der Waals surface area contributed by atoms with E-state index < -0.39 is 5.97 Å². The molecular formula is C20H28N3O3+. The summed E-state index contributed by atoms with van der Waals surface area (Å²) in [5, 5.41) is 0. The minimum atomic E-state index is -0.404. The fourth-order valence-electron chi connectivity index (χ4n) is 4.35.